The Balaban J connectivity index is 1.40. The molecule has 0 unspecified atom stereocenters. The van der Waals surface area contributed by atoms with Crippen molar-refractivity contribution in [2.24, 2.45) is 0 Å². The Bertz CT molecular complexity index is 1240. The van der Waals surface area contributed by atoms with E-state index in [1.54, 1.807) is 11.3 Å². The van der Waals surface area contributed by atoms with Gasteiger partial charge in [-0.3, -0.25) is 4.79 Å². The normalized spacial score (nSPS) is 11.4. The minimum absolute atomic E-state index is 0.852. The molecule has 0 fully saturated rings. The van der Waals surface area contributed by atoms with Crippen molar-refractivity contribution >= 4 is 51.6 Å². The number of rotatable bonds is 18. The number of thiophene rings is 4. The predicted octanol–water partition coefficient (Wildman–Crippen LogP) is 12.6. The summed E-state index contributed by atoms with van der Waals surface area (Å²) < 4.78 is 0. The van der Waals surface area contributed by atoms with Gasteiger partial charge in [0, 0.05) is 29.3 Å². The molecule has 204 valence electrons. The molecule has 0 saturated carbocycles. The molecule has 0 aromatic carbocycles. The first-order valence-corrected chi connectivity index (χ1v) is 17.9. The first-order valence-electron chi connectivity index (χ1n) is 14.6. The number of aryl methyl sites for hydroxylation is 2. The van der Waals surface area contributed by atoms with E-state index in [-0.39, 0.29) is 0 Å². The Morgan fingerprint density at radius 1 is 0.579 bits per heavy atom. The minimum Gasteiger partial charge on any atom is -0.297 e. The van der Waals surface area contributed by atoms with Crippen LogP contribution in [0.4, 0.5) is 0 Å². The number of unbranched alkanes of at least 4 members (excludes halogenated alkanes) is 10. The van der Waals surface area contributed by atoms with Crippen LogP contribution < -0.4 is 0 Å². The van der Waals surface area contributed by atoms with Crippen LogP contribution in [0.2, 0.25) is 0 Å². The van der Waals surface area contributed by atoms with Crippen LogP contribution >= 0.6 is 45.3 Å². The first-order chi connectivity index (χ1) is 18.7. The predicted molar refractivity (Wildman–Crippen MR) is 174 cm³/mol. The smallest absolute Gasteiger partial charge is 0.160 e. The van der Waals surface area contributed by atoms with Gasteiger partial charge in [0.1, 0.15) is 0 Å². The molecule has 4 rings (SSSR count). The first kappa shape index (κ1) is 29.5. The molecule has 1 nitrogen and oxygen atoms in total. The molecular formula is C33H42OS4. The maximum absolute atomic E-state index is 11.6. The average molecular weight is 583 g/mol. The van der Waals surface area contributed by atoms with Gasteiger partial charge in [0.05, 0.1) is 4.88 Å². The summed E-state index contributed by atoms with van der Waals surface area (Å²) in [6.07, 6.45) is 19.1. The van der Waals surface area contributed by atoms with Crippen LogP contribution in [0.25, 0.3) is 29.3 Å². The second-order valence-corrected chi connectivity index (χ2v) is 14.4. The maximum atomic E-state index is 11.6. The summed E-state index contributed by atoms with van der Waals surface area (Å²) in [6, 6.07) is 13.6. The highest BCUT2D eigenvalue weighted by atomic mass is 32.1. The molecule has 0 saturated heterocycles. The van der Waals surface area contributed by atoms with E-state index in [2.05, 4.69) is 55.6 Å². The van der Waals surface area contributed by atoms with Gasteiger partial charge < -0.3 is 0 Å². The fourth-order valence-corrected chi connectivity index (χ4v) is 9.42. The van der Waals surface area contributed by atoms with Crippen molar-refractivity contribution in [1.82, 2.24) is 0 Å². The molecule has 0 aliphatic heterocycles. The lowest BCUT2D eigenvalue weighted by molar-refractivity contribution is 0.112. The van der Waals surface area contributed by atoms with Crippen LogP contribution in [0.5, 0.6) is 0 Å². The summed E-state index contributed by atoms with van der Waals surface area (Å²) in [5, 5.41) is 2.26. The topological polar surface area (TPSA) is 17.1 Å². The van der Waals surface area contributed by atoms with Gasteiger partial charge in [-0.1, -0.05) is 78.1 Å². The number of carbonyl (C=O) groups excluding carboxylic acids is 1. The molecule has 0 bridgehead atoms. The lowest BCUT2D eigenvalue weighted by Gasteiger charge is -2.03. The molecule has 0 atom stereocenters. The second-order valence-electron chi connectivity index (χ2n) is 10.3. The molecule has 0 radical (unpaired) electrons. The van der Waals surface area contributed by atoms with Crippen LogP contribution in [0, 0.1) is 0 Å². The largest absolute Gasteiger partial charge is 0.297 e. The number of hydrogen-bond acceptors (Lipinski definition) is 5. The third-order valence-corrected chi connectivity index (χ3v) is 12.0. The summed E-state index contributed by atoms with van der Waals surface area (Å²) in [5.74, 6) is 0. The summed E-state index contributed by atoms with van der Waals surface area (Å²) in [5.41, 5.74) is 2.87. The van der Waals surface area contributed by atoms with Crippen molar-refractivity contribution in [2.75, 3.05) is 0 Å². The fourth-order valence-electron chi connectivity index (χ4n) is 5.03. The molecule has 0 spiro atoms. The zero-order chi connectivity index (χ0) is 26.6. The van der Waals surface area contributed by atoms with E-state index in [1.165, 1.54) is 124 Å². The van der Waals surface area contributed by atoms with Gasteiger partial charge in [0.25, 0.3) is 0 Å². The molecular weight excluding hydrogens is 541 g/mol. The minimum atomic E-state index is 0.852. The molecule has 0 amide bonds. The van der Waals surface area contributed by atoms with Crippen LogP contribution in [0.3, 0.4) is 0 Å². The van der Waals surface area contributed by atoms with Gasteiger partial charge >= 0.3 is 0 Å². The van der Waals surface area contributed by atoms with Gasteiger partial charge in [-0.25, -0.2) is 0 Å². The lowest BCUT2D eigenvalue weighted by atomic mass is 10.0. The quantitative estimate of drug-likeness (QED) is 0.0842. The lowest BCUT2D eigenvalue weighted by Crippen LogP contribution is -1.86. The summed E-state index contributed by atoms with van der Waals surface area (Å²) in [4.78, 5) is 20.5. The molecule has 0 aliphatic rings. The molecule has 0 N–H and O–H groups in total. The Morgan fingerprint density at radius 3 is 1.71 bits per heavy atom. The van der Waals surface area contributed by atoms with Gasteiger partial charge in [-0.15, -0.1) is 45.3 Å². The number of aldehydes is 1. The van der Waals surface area contributed by atoms with Crippen LogP contribution in [-0.4, -0.2) is 6.29 Å². The molecule has 38 heavy (non-hydrogen) atoms. The monoisotopic (exact) mass is 582 g/mol. The van der Waals surface area contributed by atoms with Crippen molar-refractivity contribution in [1.29, 1.82) is 0 Å². The van der Waals surface area contributed by atoms with Crippen molar-refractivity contribution in [3.63, 3.8) is 0 Å². The van der Waals surface area contributed by atoms with E-state index in [1.807, 2.05) is 34.0 Å². The highest BCUT2D eigenvalue weighted by Crippen LogP contribution is 2.44. The van der Waals surface area contributed by atoms with E-state index in [4.69, 9.17) is 0 Å². The van der Waals surface area contributed by atoms with Crippen LogP contribution in [-0.2, 0) is 12.8 Å². The average Bonchev–Trinajstić information content (AvgIpc) is 3.73. The third kappa shape index (κ3) is 8.24. The third-order valence-electron chi connectivity index (χ3n) is 7.19. The maximum Gasteiger partial charge on any atom is 0.160 e. The Hall–Kier alpha value is -1.53. The Labute approximate surface area is 246 Å². The number of carbonyl (C=O) groups is 1. The van der Waals surface area contributed by atoms with Crippen molar-refractivity contribution < 1.29 is 4.79 Å². The van der Waals surface area contributed by atoms with E-state index >= 15 is 0 Å². The SMILES string of the molecule is CCCCCCCCc1ccsc1-c1ccc(-c2ccc(-c3sc(C=O)cc3CCCCCCCC)s2)s1. The highest BCUT2D eigenvalue weighted by Gasteiger charge is 2.16. The number of hydrogen-bond donors (Lipinski definition) is 0. The second kappa shape index (κ2) is 15.9. The molecule has 4 aromatic heterocycles. The molecule has 0 aliphatic carbocycles. The molecule has 5 heteroatoms. The standard InChI is InChI=1S/C33H42OS4/c1-3-5-7-9-11-13-15-25-21-22-35-32(25)30-19-17-28(37-30)29-18-20-31(38-29)33-26(23-27(24-34)36-33)16-14-12-10-8-6-4-2/h17-24H,3-16H2,1-2H3. The van der Waals surface area contributed by atoms with Crippen molar-refractivity contribution in [3.05, 3.63) is 57.8 Å². The Morgan fingerprint density at radius 2 is 1.11 bits per heavy atom. The zero-order valence-electron chi connectivity index (χ0n) is 23.1. The van der Waals surface area contributed by atoms with Crippen LogP contribution in [0.1, 0.15) is 112 Å². The fraction of sp³-hybridized carbons (Fsp3) is 0.485. The van der Waals surface area contributed by atoms with Crippen molar-refractivity contribution in [2.45, 2.75) is 104 Å². The summed E-state index contributed by atoms with van der Waals surface area (Å²) in [6.45, 7) is 4.55. The molecule has 4 heterocycles. The van der Waals surface area contributed by atoms with Crippen LogP contribution in [0.15, 0.2) is 41.8 Å². The van der Waals surface area contributed by atoms with E-state index < -0.39 is 0 Å². The van der Waals surface area contributed by atoms with Gasteiger partial charge in [0.15, 0.2) is 6.29 Å². The van der Waals surface area contributed by atoms with Gasteiger partial charge in [-0.2, -0.15) is 0 Å². The summed E-state index contributed by atoms with van der Waals surface area (Å²) in [7, 11) is 0. The Kier molecular flexibility index (Phi) is 12.3. The summed E-state index contributed by atoms with van der Waals surface area (Å²) >= 11 is 7.34. The van der Waals surface area contributed by atoms with E-state index in [0.29, 0.717) is 0 Å². The van der Waals surface area contributed by atoms with Gasteiger partial charge in [0.2, 0.25) is 0 Å². The van der Waals surface area contributed by atoms with Gasteiger partial charge in [-0.05, 0) is 78.6 Å². The molecule has 4 aromatic rings. The highest BCUT2D eigenvalue weighted by molar-refractivity contribution is 7.28. The van der Waals surface area contributed by atoms with Crippen molar-refractivity contribution in [3.8, 4) is 29.3 Å². The zero-order valence-corrected chi connectivity index (χ0v) is 26.3. The van der Waals surface area contributed by atoms with E-state index in [9.17, 15) is 4.79 Å². The van der Waals surface area contributed by atoms with E-state index in [0.717, 1.165) is 17.6 Å².